The fourth-order valence-electron chi connectivity index (χ4n) is 2.64. The summed E-state index contributed by atoms with van der Waals surface area (Å²) in [5, 5.41) is 1.07. The zero-order valence-corrected chi connectivity index (χ0v) is 11.1. The van der Waals surface area contributed by atoms with E-state index in [2.05, 4.69) is 36.2 Å². The first-order valence-corrected chi connectivity index (χ1v) is 6.66. The minimum Gasteiger partial charge on any atom is -0.454 e. The van der Waals surface area contributed by atoms with Crippen molar-refractivity contribution < 1.29 is 4.42 Å². The number of hydrogen-bond acceptors (Lipinski definition) is 2. The van der Waals surface area contributed by atoms with E-state index >= 15 is 0 Å². The molecule has 2 aromatic heterocycles. The van der Waals surface area contributed by atoms with Crippen molar-refractivity contribution >= 4 is 22.1 Å². The number of furan rings is 1. The Labute approximate surface area is 116 Å². The number of aryl methyl sites for hydroxylation is 1. The van der Waals surface area contributed by atoms with Crippen LogP contribution in [0.25, 0.3) is 33.2 Å². The quantitative estimate of drug-likeness (QED) is 0.483. The highest BCUT2D eigenvalue weighted by Gasteiger charge is 2.12. The van der Waals surface area contributed by atoms with E-state index in [-0.39, 0.29) is 0 Å². The van der Waals surface area contributed by atoms with Crippen molar-refractivity contribution in [1.29, 1.82) is 0 Å². The minimum atomic E-state index is 0.860. The molecule has 0 atom stereocenters. The zero-order chi connectivity index (χ0) is 13.5. The molecule has 0 fully saturated rings. The second kappa shape index (κ2) is 4.20. The van der Waals surface area contributed by atoms with Gasteiger partial charge in [-0.15, -0.1) is 0 Å². The maximum Gasteiger partial charge on any atom is 0.161 e. The molecule has 4 aromatic rings. The molecule has 0 saturated carbocycles. The zero-order valence-electron chi connectivity index (χ0n) is 11.1. The van der Waals surface area contributed by atoms with Gasteiger partial charge in [-0.1, -0.05) is 42.0 Å². The smallest absolute Gasteiger partial charge is 0.161 e. The van der Waals surface area contributed by atoms with Crippen LogP contribution in [0.2, 0.25) is 0 Å². The molecule has 0 aliphatic rings. The topological polar surface area (TPSA) is 26.0 Å². The van der Waals surface area contributed by atoms with E-state index in [0.29, 0.717) is 0 Å². The van der Waals surface area contributed by atoms with Gasteiger partial charge < -0.3 is 4.42 Å². The van der Waals surface area contributed by atoms with E-state index in [1.807, 2.05) is 36.5 Å². The molecule has 0 saturated heterocycles. The lowest BCUT2D eigenvalue weighted by Crippen LogP contribution is -1.82. The molecule has 2 aromatic carbocycles. The summed E-state index contributed by atoms with van der Waals surface area (Å²) in [5.74, 6) is 0. The molecule has 20 heavy (non-hydrogen) atoms. The third-order valence-corrected chi connectivity index (χ3v) is 3.59. The summed E-state index contributed by atoms with van der Waals surface area (Å²) in [5.41, 5.74) is 6.17. The standard InChI is InChI=1S/C18H13NO/c1-12-5-4-6-13(11-12)14-9-10-19-17-15-7-2-3-8-16(15)20-18(14)17/h2-11H,1H3. The Morgan fingerprint density at radius 2 is 1.85 bits per heavy atom. The van der Waals surface area contributed by atoms with Gasteiger partial charge in [0.2, 0.25) is 0 Å². The summed E-state index contributed by atoms with van der Waals surface area (Å²) in [6, 6.07) is 18.5. The molecule has 0 bridgehead atoms. The van der Waals surface area contributed by atoms with Crippen molar-refractivity contribution in [2.75, 3.05) is 0 Å². The van der Waals surface area contributed by atoms with Crippen molar-refractivity contribution in [2.45, 2.75) is 6.92 Å². The molecule has 4 rings (SSSR count). The molecule has 0 aliphatic carbocycles. The number of rotatable bonds is 1. The van der Waals surface area contributed by atoms with Gasteiger partial charge in [0.15, 0.2) is 5.58 Å². The van der Waals surface area contributed by atoms with Gasteiger partial charge in [0.25, 0.3) is 0 Å². The van der Waals surface area contributed by atoms with Crippen LogP contribution in [0.4, 0.5) is 0 Å². The first-order valence-electron chi connectivity index (χ1n) is 6.66. The molecular formula is C18H13NO. The third-order valence-electron chi connectivity index (χ3n) is 3.59. The summed E-state index contributed by atoms with van der Waals surface area (Å²) >= 11 is 0. The molecule has 0 radical (unpaired) electrons. The average Bonchev–Trinajstić information content (AvgIpc) is 2.86. The van der Waals surface area contributed by atoms with Crippen LogP contribution in [0.5, 0.6) is 0 Å². The van der Waals surface area contributed by atoms with Gasteiger partial charge in [0.1, 0.15) is 11.1 Å². The maximum absolute atomic E-state index is 6.02. The highest BCUT2D eigenvalue weighted by atomic mass is 16.3. The van der Waals surface area contributed by atoms with E-state index < -0.39 is 0 Å². The summed E-state index contributed by atoms with van der Waals surface area (Å²) in [4.78, 5) is 4.48. The van der Waals surface area contributed by atoms with Crippen molar-refractivity contribution in [1.82, 2.24) is 4.98 Å². The summed E-state index contributed by atoms with van der Waals surface area (Å²) in [6.07, 6.45) is 1.85. The predicted octanol–water partition coefficient (Wildman–Crippen LogP) is 4.96. The van der Waals surface area contributed by atoms with E-state index in [1.165, 1.54) is 5.56 Å². The Bertz CT molecular complexity index is 921. The second-order valence-electron chi connectivity index (χ2n) is 5.00. The SMILES string of the molecule is Cc1cccc(-c2ccnc3c2oc2ccccc23)c1. The van der Waals surface area contributed by atoms with E-state index in [4.69, 9.17) is 4.42 Å². The lowest BCUT2D eigenvalue weighted by molar-refractivity contribution is 0.669. The molecule has 0 aliphatic heterocycles. The lowest BCUT2D eigenvalue weighted by Gasteiger charge is -2.03. The molecule has 0 N–H and O–H groups in total. The number of para-hydroxylation sites is 1. The maximum atomic E-state index is 6.02. The largest absolute Gasteiger partial charge is 0.454 e. The Morgan fingerprint density at radius 3 is 2.75 bits per heavy atom. The van der Waals surface area contributed by atoms with Gasteiger partial charge in [-0.2, -0.15) is 0 Å². The number of nitrogens with zero attached hydrogens (tertiary/aromatic N) is 1. The number of aromatic nitrogens is 1. The van der Waals surface area contributed by atoms with Crippen molar-refractivity contribution in [3.05, 3.63) is 66.4 Å². The molecule has 2 heteroatoms. The Kier molecular flexibility index (Phi) is 2.36. The normalized spacial score (nSPS) is 11.2. The van der Waals surface area contributed by atoms with Gasteiger partial charge in [-0.05, 0) is 30.7 Å². The highest BCUT2D eigenvalue weighted by Crippen LogP contribution is 2.34. The van der Waals surface area contributed by atoms with Gasteiger partial charge in [0.05, 0.1) is 0 Å². The van der Waals surface area contributed by atoms with Crippen LogP contribution >= 0.6 is 0 Å². The van der Waals surface area contributed by atoms with E-state index in [0.717, 1.165) is 33.2 Å². The van der Waals surface area contributed by atoms with Gasteiger partial charge in [-0.25, -0.2) is 0 Å². The van der Waals surface area contributed by atoms with E-state index in [1.54, 1.807) is 0 Å². The lowest BCUT2D eigenvalue weighted by atomic mass is 10.0. The number of pyridine rings is 1. The molecule has 2 nitrogen and oxygen atoms in total. The molecule has 0 spiro atoms. The van der Waals surface area contributed by atoms with Gasteiger partial charge >= 0.3 is 0 Å². The van der Waals surface area contributed by atoms with Crippen LogP contribution < -0.4 is 0 Å². The van der Waals surface area contributed by atoms with Crippen LogP contribution in [0.15, 0.2) is 65.2 Å². The summed E-state index contributed by atoms with van der Waals surface area (Å²) < 4.78 is 6.02. The Balaban J connectivity index is 2.10. The van der Waals surface area contributed by atoms with Crippen LogP contribution in [-0.2, 0) is 0 Å². The fourth-order valence-corrected chi connectivity index (χ4v) is 2.64. The Hall–Kier alpha value is -2.61. The average molecular weight is 259 g/mol. The molecular weight excluding hydrogens is 246 g/mol. The van der Waals surface area contributed by atoms with Crippen LogP contribution in [0.3, 0.4) is 0 Å². The predicted molar refractivity (Wildman–Crippen MR) is 81.7 cm³/mol. The van der Waals surface area contributed by atoms with Crippen LogP contribution in [0.1, 0.15) is 5.56 Å². The monoisotopic (exact) mass is 259 g/mol. The Morgan fingerprint density at radius 1 is 0.950 bits per heavy atom. The van der Waals surface area contributed by atoms with E-state index in [9.17, 15) is 0 Å². The van der Waals surface area contributed by atoms with Crippen LogP contribution in [-0.4, -0.2) is 4.98 Å². The highest BCUT2D eigenvalue weighted by molar-refractivity contribution is 6.07. The fraction of sp³-hybridized carbons (Fsp3) is 0.0556. The summed E-state index contributed by atoms with van der Waals surface area (Å²) in [6.45, 7) is 2.10. The minimum absolute atomic E-state index is 0.860. The van der Waals surface area contributed by atoms with Gasteiger partial charge in [0, 0.05) is 17.1 Å². The molecule has 2 heterocycles. The number of hydrogen-bond donors (Lipinski definition) is 0. The third kappa shape index (κ3) is 1.62. The van der Waals surface area contributed by atoms with Crippen molar-refractivity contribution in [3.8, 4) is 11.1 Å². The van der Waals surface area contributed by atoms with Crippen LogP contribution in [0, 0.1) is 6.92 Å². The number of fused-ring (bicyclic) bond motifs is 3. The first kappa shape index (κ1) is 11.2. The summed E-state index contributed by atoms with van der Waals surface area (Å²) in [7, 11) is 0. The molecule has 96 valence electrons. The second-order valence-corrected chi connectivity index (χ2v) is 5.00. The van der Waals surface area contributed by atoms with Crippen molar-refractivity contribution in [2.24, 2.45) is 0 Å². The number of benzene rings is 2. The molecule has 0 unspecified atom stereocenters. The van der Waals surface area contributed by atoms with Crippen molar-refractivity contribution in [3.63, 3.8) is 0 Å². The molecule has 0 amide bonds. The van der Waals surface area contributed by atoms with Gasteiger partial charge in [-0.3, -0.25) is 4.98 Å². The first-order chi connectivity index (χ1) is 9.83.